The monoisotopic (exact) mass is 317 g/mol. The Labute approximate surface area is 138 Å². The molecular formula is C18H27N3O2. The van der Waals surface area contributed by atoms with E-state index in [1.807, 2.05) is 32.0 Å². The van der Waals surface area contributed by atoms with Crippen LogP contribution >= 0.6 is 0 Å². The van der Waals surface area contributed by atoms with Gasteiger partial charge in [-0.3, -0.25) is 4.79 Å². The number of hydrogen-bond acceptors (Lipinski definition) is 4. The average Bonchev–Trinajstić information content (AvgIpc) is 2.54. The summed E-state index contributed by atoms with van der Waals surface area (Å²) in [6, 6.07) is 6.40. The van der Waals surface area contributed by atoms with Crippen LogP contribution in [0.2, 0.25) is 0 Å². The van der Waals surface area contributed by atoms with Crippen LogP contribution in [0.4, 0.5) is 0 Å². The number of likely N-dealkylation sites (tertiary alicyclic amines) is 1. The second-order valence-corrected chi connectivity index (χ2v) is 6.33. The lowest BCUT2D eigenvalue weighted by atomic mass is 10.1. The van der Waals surface area contributed by atoms with Crippen LogP contribution in [0.25, 0.3) is 0 Å². The maximum absolute atomic E-state index is 11.9. The molecule has 0 saturated carbocycles. The summed E-state index contributed by atoms with van der Waals surface area (Å²) in [6.45, 7) is 10.4. The van der Waals surface area contributed by atoms with Crippen LogP contribution in [0.1, 0.15) is 37.8 Å². The van der Waals surface area contributed by atoms with Gasteiger partial charge in [0.1, 0.15) is 5.75 Å². The highest BCUT2D eigenvalue weighted by molar-refractivity contribution is 5.87. The second-order valence-electron chi connectivity index (χ2n) is 6.33. The number of amides is 1. The number of aryl methyl sites for hydroxylation is 1. The van der Waals surface area contributed by atoms with Crippen molar-refractivity contribution >= 4 is 11.6 Å². The molecule has 1 aromatic rings. The lowest BCUT2D eigenvalue weighted by Crippen LogP contribution is -2.39. The Hall–Kier alpha value is -1.88. The van der Waals surface area contributed by atoms with Gasteiger partial charge in [0.2, 0.25) is 0 Å². The summed E-state index contributed by atoms with van der Waals surface area (Å²) in [5.41, 5.74) is 5.88. The Balaban J connectivity index is 1.77. The number of ether oxygens (including phenoxy) is 1. The number of nitrogens with zero attached hydrogens (tertiary/aromatic N) is 2. The molecule has 1 N–H and O–H groups in total. The first-order valence-electron chi connectivity index (χ1n) is 8.24. The maximum Gasteiger partial charge on any atom is 0.277 e. The fraction of sp³-hybridized carbons (Fsp3) is 0.556. The molecule has 1 aliphatic rings. The third-order valence-corrected chi connectivity index (χ3v) is 4.36. The molecular weight excluding hydrogens is 290 g/mol. The fourth-order valence-electron chi connectivity index (χ4n) is 2.61. The molecule has 2 rings (SSSR count). The molecule has 5 heteroatoms. The summed E-state index contributed by atoms with van der Waals surface area (Å²) >= 11 is 0. The van der Waals surface area contributed by atoms with Crippen molar-refractivity contribution < 1.29 is 9.53 Å². The van der Waals surface area contributed by atoms with E-state index >= 15 is 0 Å². The van der Waals surface area contributed by atoms with E-state index in [2.05, 4.69) is 29.3 Å². The molecule has 1 amide bonds. The number of benzene rings is 1. The third-order valence-electron chi connectivity index (χ3n) is 4.36. The summed E-state index contributed by atoms with van der Waals surface area (Å²) in [4.78, 5) is 14.3. The van der Waals surface area contributed by atoms with Gasteiger partial charge in [-0.05, 0) is 44.9 Å². The van der Waals surface area contributed by atoms with Crippen LogP contribution in [-0.2, 0) is 4.79 Å². The zero-order chi connectivity index (χ0) is 16.8. The van der Waals surface area contributed by atoms with Gasteiger partial charge in [0, 0.05) is 37.7 Å². The second kappa shape index (κ2) is 8.11. The third kappa shape index (κ3) is 5.06. The molecule has 0 atom stereocenters. The minimum Gasteiger partial charge on any atom is -0.483 e. The molecule has 0 bridgehead atoms. The number of carbonyl (C=O) groups is 1. The van der Waals surface area contributed by atoms with Gasteiger partial charge in [0.25, 0.3) is 5.91 Å². The lowest BCUT2D eigenvalue weighted by Gasteiger charge is -2.30. The van der Waals surface area contributed by atoms with Gasteiger partial charge in [-0.1, -0.05) is 12.1 Å². The highest BCUT2D eigenvalue weighted by atomic mass is 16.5. The quantitative estimate of drug-likeness (QED) is 0.850. The zero-order valence-corrected chi connectivity index (χ0v) is 14.6. The minimum atomic E-state index is -0.218. The summed E-state index contributed by atoms with van der Waals surface area (Å²) in [7, 11) is 0. The van der Waals surface area contributed by atoms with Crippen LogP contribution in [0.15, 0.2) is 23.3 Å². The van der Waals surface area contributed by atoms with E-state index in [0.29, 0.717) is 6.04 Å². The summed E-state index contributed by atoms with van der Waals surface area (Å²) in [5, 5.41) is 4.24. The fourth-order valence-corrected chi connectivity index (χ4v) is 2.61. The van der Waals surface area contributed by atoms with Crippen LogP contribution in [-0.4, -0.2) is 42.3 Å². The average molecular weight is 317 g/mol. The van der Waals surface area contributed by atoms with E-state index in [0.717, 1.165) is 48.5 Å². The number of nitrogens with one attached hydrogen (secondary N) is 1. The molecule has 1 aromatic carbocycles. The lowest BCUT2D eigenvalue weighted by molar-refractivity contribution is -0.123. The van der Waals surface area contributed by atoms with E-state index in [4.69, 9.17) is 4.74 Å². The van der Waals surface area contributed by atoms with Gasteiger partial charge in [-0.2, -0.15) is 5.10 Å². The van der Waals surface area contributed by atoms with Gasteiger partial charge in [0.05, 0.1) is 0 Å². The molecule has 1 fully saturated rings. The first-order chi connectivity index (χ1) is 11.0. The Morgan fingerprint density at radius 1 is 1.30 bits per heavy atom. The minimum absolute atomic E-state index is 0.0147. The van der Waals surface area contributed by atoms with E-state index < -0.39 is 0 Å². The van der Waals surface area contributed by atoms with Crippen molar-refractivity contribution in [3.63, 3.8) is 0 Å². The molecule has 126 valence electrons. The highest BCUT2D eigenvalue weighted by Crippen LogP contribution is 2.20. The Morgan fingerprint density at radius 3 is 2.65 bits per heavy atom. The number of rotatable bonds is 5. The largest absolute Gasteiger partial charge is 0.483 e. The van der Waals surface area contributed by atoms with Gasteiger partial charge >= 0.3 is 0 Å². The van der Waals surface area contributed by atoms with Crippen LogP contribution in [0, 0.1) is 13.8 Å². The number of piperidine rings is 1. The SMILES string of the molecule is Cc1cccc(OCC(=O)NN=C2CCN(C(C)C)CC2)c1C. The van der Waals surface area contributed by atoms with Crippen molar-refractivity contribution in [3.8, 4) is 5.75 Å². The molecule has 0 spiro atoms. The van der Waals surface area contributed by atoms with Gasteiger partial charge < -0.3 is 9.64 Å². The van der Waals surface area contributed by atoms with Gasteiger partial charge in [0.15, 0.2) is 6.61 Å². The molecule has 1 heterocycles. The number of carbonyl (C=O) groups excluding carboxylic acids is 1. The Bertz CT molecular complexity index is 572. The summed E-state index contributed by atoms with van der Waals surface area (Å²) in [5.74, 6) is 0.530. The predicted molar refractivity (Wildman–Crippen MR) is 92.9 cm³/mol. The molecule has 0 aromatic heterocycles. The Kier molecular flexibility index (Phi) is 6.16. The van der Waals surface area contributed by atoms with E-state index in [1.54, 1.807) is 0 Å². The van der Waals surface area contributed by atoms with E-state index in [1.165, 1.54) is 0 Å². The van der Waals surface area contributed by atoms with Crippen LogP contribution in [0.3, 0.4) is 0 Å². The van der Waals surface area contributed by atoms with Crippen LogP contribution < -0.4 is 10.2 Å². The first-order valence-corrected chi connectivity index (χ1v) is 8.24. The molecule has 23 heavy (non-hydrogen) atoms. The molecule has 1 saturated heterocycles. The topological polar surface area (TPSA) is 53.9 Å². The predicted octanol–water partition coefficient (Wildman–Crippen LogP) is 2.66. The molecule has 0 unspecified atom stereocenters. The molecule has 0 aliphatic carbocycles. The number of hydrogen-bond donors (Lipinski definition) is 1. The van der Waals surface area contributed by atoms with Crippen molar-refractivity contribution in [1.82, 2.24) is 10.3 Å². The summed E-state index contributed by atoms with van der Waals surface area (Å²) in [6.07, 6.45) is 1.83. The van der Waals surface area contributed by atoms with Crippen molar-refractivity contribution in [2.75, 3.05) is 19.7 Å². The van der Waals surface area contributed by atoms with E-state index in [9.17, 15) is 4.79 Å². The zero-order valence-electron chi connectivity index (χ0n) is 14.6. The number of hydrazone groups is 1. The van der Waals surface area contributed by atoms with Gasteiger partial charge in [-0.15, -0.1) is 0 Å². The first kappa shape index (κ1) is 17.5. The van der Waals surface area contributed by atoms with Crippen molar-refractivity contribution in [3.05, 3.63) is 29.3 Å². The Morgan fingerprint density at radius 2 is 2.00 bits per heavy atom. The van der Waals surface area contributed by atoms with Crippen LogP contribution in [0.5, 0.6) is 5.75 Å². The summed E-state index contributed by atoms with van der Waals surface area (Å²) < 4.78 is 5.58. The van der Waals surface area contributed by atoms with Gasteiger partial charge in [-0.25, -0.2) is 5.43 Å². The molecule has 0 radical (unpaired) electrons. The molecule has 1 aliphatic heterocycles. The smallest absolute Gasteiger partial charge is 0.277 e. The highest BCUT2D eigenvalue weighted by Gasteiger charge is 2.17. The molecule has 5 nitrogen and oxygen atoms in total. The van der Waals surface area contributed by atoms with Crippen molar-refractivity contribution in [2.45, 2.75) is 46.6 Å². The maximum atomic E-state index is 11.9. The normalized spacial score (nSPS) is 15.6. The van der Waals surface area contributed by atoms with Crippen molar-refractivity contribution in [1.29, 1.82) is 0 Å². The standard InChI is InChI=1S/C18H27N3O2/c1-13(2)21-10-8-16(9-11-21)19-20-18(22)12-23-17-7-5-6-14(3)15(17)4/h5-7,13H,8-12H2,1-4H3,(H,20,22). The van der Waals surface area contributed by atoms with Crippen molar-refractivity contribution in [2.24, 2.45) is 5.10 Å². The van der Waals surface area contributed by atoms with E-state index in [-0.39, 0.29) is 12.5 Å².